The zero-order valence-corrected chi connectivity index (χ0v) is 13.5. The first-order chi connectivity index (χ1) is 11.1. The fraction of sp³-hybridized carbons (Fsp3) is 0.429. The van der Waals surface area contributed by atoms with Gasteiger partial charge in [-0.15, -0.1) is 5.10 Å². The number of nitrogens with two attached hydrogens (primary N) is 1. The van der Waals surface area contributed by atoms with Crippen LogP contribution in [0.5, 0.6) is 0 Å². The van der Waals surface area contributed by atoms with Gasteiger partial charge in [0.05, 0.1) is 29.3 Å². The van der Waals surface area contributed by atoms with Crippen LogP contribution in [0.15, 0.2) is 12.4 Å². The molecule has 0 saturated carbocycles. The number of carbonyl (C=O) groups is 1. The van der Waals surface area contributed by atoms with Crippen molar-refractivity contribution in [2.24, 2.45) is 11.7 Å². The molecule has 1 aliphatic rings. The van der Waals surface area contributed by atoms with Gasteiger partial charge in [-0.1, -0.05) is 11.3 Å². The van der Waals surface area contributed by atoms with Gasteiger partial charge < -0.3 is 11.1 Å². The van der Waals surface area contributed by atoms with E-state index in [2.05, 4.69) is 20.5 Å². The number of amides is 1. The van der Waals surface area contributed by atoms with E-state index in [1.54, 1.807) is 10.7 Å². The molecule has 3 N–H and O–H groups in total. The van der Waals surface area contributed by atoms with Crippen molar-refractivity contribution < 1.29 is 4.79 Å². The molecule has 0 saturated heterocycles. The van der Waals surface area contributed by atoms with Gasteiger partial charge in [0.2, 0.25) is 10.1 Å². The smallest absolute Gasteiger partial charge is 0.252 e. The molecule has 4 heterocycles. The third-order valence-corrected chi connectivity index (χ3v) is 5.03. The molecule has 0 spiro atoms. The summed E-state index contributed by atoms with van der Waals surface area (Å²) in [6, 6.07) is 0. The predicted molar refractivity (Wildman–Crippen MR) is 86.6 cm³/mol. The maximum atomic E-state index is 11.5. The quantitative estimate of drug-likeness (QED) is 0.744. The van der Waals surface area contributed by atoms with Gasteiger partial charge in [0, 0.05) is 13.1 Å². The van der Waals surface area contributed by atoms with Crippen LogP contribution in [-0.2, 0) is 13.0 Å². The molecular weight excluding hydrogens is 314 g/mol. The fourth-order valence-corrected chi connectivity index (χ4v) is 3.83. The molecule has 0 bridgehead atoms. The Morgan fingerprint density at radius 2 is 2.43 bits per heavy atom. The Bertz CT molecular complexity index is 846. The lowest BCUT2D eigenvalue weighted by Gasteiger charge is -2.23. The molecule has 9 heteroatoms. The van der Waals surface area contributed by atoms with E-state index >= 15 is 0 Å². The predicted octanol–water partition coefficient (Wildman–Crippen LogP) is 1.07. The number of carbonyl (C=O) groups excluding carboxylic acids is 1. The van der Waals surface area contributed by atoms with Crippen LogP contribution in [0.1, 0.15) is 28.2 Å². The highest BCUT2D eigenvalue weighted by atomic mass is 32.1. The fourth-order valence-electron chi connectivity index (χ4n) is 2.99. The molecule has 1 aliphatic heterocycles. The number of nitrogens with one attached hydrogen (secondary N) is 1. The largest absolute Gasteiger partial charge is 0.365 e. The number of aromatic nitrogens is 5. The minimum atomic E-state index is -0.406. The Morgan fingerprint density at radius 1 is 1.57 bits per heavy atom. The van der Waals surface area contributed by atoms with Crippen molar-refractivity contribution in [2.45, 2.75) is 26.3 Å². The highest BCUT2D eigenvalue weighted by Gasteiger charge is 2.24. The average Bonchev–Trinajstić information content (AvgIpc) is 3.16. The van der Waals surface area contributed by atoms with Crippen LogP contribution in [0.2, 0.25) is 0 Å². The van der Waals surface area contributed by atoms with Crippen molar-refractivity contribution in [3.05, 3.63) is 29.3 Å². The van der Waals surface area contributed by atoms with Gasteiger partial charge in [0.1, 0.15) is 0 Å². The number of imidazole rings is 1. The van der Waals surface area contributed by atoms with E-state index in [0.29, 0.717) is 11.5 Å². The topological polar surface area (TPSA) is 103 Å². The number of hydrogen-bond acceptors (Lipinski definition) is 6. The average molecular weight is 331 g/mol. The first-order valence-corrected chi connectivity index (χ1v) is 8.33. The lowest BCUT2D eigenvalue weighted by molar-refractivity contribution is 0.0998. The van der Waals surface area contributed by atoms with Gasteiger partial charge in [-0.25, -0.2) is 9.50 Å². The van der Waals surface area contributed by atoms with E-state index in [4.69, 9.17) is 5.73 Å². The number of primary amides is 1. The maximum Gasteiger partial charge on any atom is 0.252 e. The van der Waals surface area contributed by atoms with E-state index in [-0.39, 0.29) is 0 Å². The van der Waals surface area contributed by atoms with Crippen molar-refractivity contribution >= 4 is 27.3 Å². The first-order valence-electron chi connectivity index (χ1n) is 7.51. The standard InChI is InChI=1S/C14H17N7OS/c1-8-7-21-14(18-8)23-13(19-21)16-5-9-2-3-20-11(4-9)10(6-17-20)12(15)22/h6-7,9H,2-5H2,1H3,(H2,15,22)(H,16,19). The zero-order valence-electron chi connectivity index (χ0n) is 12.7. The van der Waals surface area contributed by atoms with Crippen LogP contribution in [-0.4, -0.2) is 36.8 Å². The van der Waals surface area contributed by atoms with Crippen LogP contribution >= 0.6 is 11.3 Å². The van der Waals surface area contributed by atoms with Crippen molar-refractivity contribution in [1.29, 1.82) is 0 Å². The molecule has 0 radical (unpaired) electrons. The molecule has 4 rings (SSSR count). The van der Waals surface area contributed by atoms with Gasteiger partial charge >= 0.3 is 0 Å². The molecule has 0 fully saturated rings. The highest BCUT2D eigenvalue weighted by molar-refractivity contribution is 7.20. The van der Waals surface area contributed by atoms with Gasteiger partial charge in [0.15, 0.2) is 0 Å². The Balaban J connectivity index is 1.44. The second-order valence-electron chi connectivity index (χ2n) is 5.85. The molecule has 1 atom stereocenters. The van der Waals surface area contributed by atoms with Crippen LogP contribution in [0.4, 0.5) is 5.13 Å². The summed E-state index contributed by atoms with van der Waals surface area (Å²) in [4.78, 5) is 16.7. The third-order valence-electron chi connectivity index (χ3n) is 4.15. The van der Waals surface area contributed by atoms with Crippen molar-refractivity contribution in [3.8, 4) is 0 Å². The number of fused-ring (bicyclic) bond motifs is 2. The molecule has 3 aromatic rings. The molecule has 120 valence electrons. The third kappa shape index (κ3) is 2.56. The lowest BCUT2D eigenvalue weighted by atomic mass is 9.94. The second kappa shape index (κ2) is 5.34. The van der Waals surface area contributed by atoms with Crippen LogP contribution < -0.4 is 11.1 Å². The summed E-state index contributed by atoms with van der Waals surface area (Å²) >= 11 is 1.54. The lowest BCUT2D eigenvalue weighted by Crippen LogP contribution is -2.27. The molecule has 8 nitrogen and oxygen atoms in total. The number of anilines is 1. The van der Waals surface area contributed by atoms with E-state index in [1.165, 1.54) is 11.3 Å². The summed E-state index contributed by atoms with van der Waals surface area (Å²) in [6.07, 6.45) is 5.30. The van der Waals surface area contributed by atoms with Gasteiger partial charge in [0.25, 0.3) is 5.91 Å². The first kappa shape index (κ1) is 14.2. The molecule has 0 aliphatic carbocycles. The summed E-state index contributed by atoms with van der Waals surface area (Å²) in [7, 11) is 0. The van der Waals surface area contributed by atoms with Gasteiger partial charge in [-0.05, 0) is 25.7 Å². The number of aryl methyl sites for hydroxylation is 2. The Labute approximate surface area is 136 Å². The van der Waals surface area contributed by atoms with Crippen LogP contribution in [0, 0.1) is 12.8 Å². The van der Waals surface area contributed by atoms with Crippen LogP contribution in [0.25, 0.3) is 4.96 Å². The maximum absolute atomic E-state index is 11.5. The number of nitrogens with zero attached hydrogens (tertiary/aromatic N) is 5. The van der Waals surface area contributed by atoms with Gasteiger partial charge in [-0.2, -0.15) is 5.10 Å². The monoisotopic (exact) mass is 331 g/mol. The Morgan fingerprint density at radius 3 is 3.22 bits per heavy atom. The van der Waals surface area contributed by atoms with Crippen LogP contribution in [0.3, 0.4) is 0 Å². The minimum absolute atomic E-state index is 0.406. The van der Waals surface area contributed by atoms with E-state index in [0.717, 1.165) is 47.4 Å². The zero-order chi connectivity index (χ0) is 16.0. The summed E-state index contributed by atoms with van der Waals surface area (Å²) in [5, 5.41) is 12.9. The van der Waals surface area contributed by atoms with Crippen molar-refractivity contribution in [1.82, 2.24) is 24.4 Å². The molecule has 1 amide bonds. The second-order valence-corrected chi connectivity index (χ2v) is 6.80. The van der Waals surface area contributed by atoms with Crippen molar-refractivity contribution in [2.75, 3.05) is 11.9 Å². The molecule has 3 aromatic heterocycles. The Kier molecular flexibility index (Phi) is 3.29. The summed E-state index contributed by atoms with van der Waals surface area (Å²) in [5.41, 5.74) is 7.86. The summed E-state index contributed by atoms with van der Waals surface area (Å²) in [5.74, 6) is 0.0200. The molecule has 0 aromatic carbocycles. The SMILES string of the molecule is Cc1cn2nc(NCC3CCn4ncc(C(N)=O)c4C3)sc2n1. The summed E-state index contributed by atoms with van der Waals surface area (Å²) in [6.45, 7) is 3.57. The van der Waals surface area contributed by atoms with Crippen molar-refractivity contribution in [3.63, 3.8) is 0 Å². The Hall–Kier alpha value is -2.42. The summed E-state index contributed by atoms with van der Waals surface area (Å²) < 4.78 is 3.68. The van der Waals surface area contributed by atoms with E-state index < -0.39 is 5.91 Å². The molecular formula is C14H17N7OS. The number of rotatable bonds is 4. The van der Waals surface area contributed by atoms with E-state index in [9.17, 15) is 4.79 Å². The van der Waals surface area contributed by atoms with E-state index in [1.807, 2.05) is 17.8 Å². The minimum Gasteiger partial charge on any atom is -0.365 e. The molecule has 1 unspecified atom stereocenters. The molecule has 23 heavy (non-hydrogen) atoms. The number of hydrogen-bond donors (Lipinski definition) is 2. The van der Waals surface area contributed by atoms with Gasteiger partial charge in [-0.3, -0.25) is 9.48 Å². The highest BCUT2D eigenvalue weighted by Crippen LogP contribution is 2.24. The normalized spacial score (nSPS) is 17.3.